The molecule has 1 aliphatic rings. The lowest BCUT2D eigenvalue weighted by Gasteiger charge is -2.19. The van der Waals surface area contributed by atoms with Crippen molar-refractivity contribution in [3.8, 4) is 0 Å². The standard InChI is InChI=1S/C22H22N2O3S2.ClH/c1-22(2,3)27-21(26)24-12-16(15-8-4-5-9-17(15)24)19(25)18-13-28-20(29-18)14-7-6-10-23-11-14;/h4-12,18,20H,13H2,1-3H3;1H. The topological polar surface area (TPSA) is 61.2 Å². The predicted molar refractivity (Wildman–Crippen MR) is 126 cm³/mol. The fourth-order valence-electron chi connectivity index (χ4n) is 3.24. The van der Waals surface area contributed by atoms with Crippen molar-refractivity contribution in [1.82, 2.24) is 9.55 Å². The number of carbonyl (C=O) groups is 2. The summed E-state index contributed by atoms with van der Waals surface area (Å²) in [5.74, 6) is 0.780. The lowest BCUT2D eigenvalue weighted by atomic mass is 10.1. The van der Waals surface area contributed by atoms with Crippen molar-refractivity contribution in [1.29, 1.82) is 0 Å². The van der Waals surface area contributed by atoms with Crippen LogP contribution in [0.1, 0.15) is 41.3 Å². The van der Waals surface area contributed by atoms with Crippen molar-refractivity contribution in [3.63, 3.8) is 0 Å². The van der Waals surface area contributed by atoms with Crippen molar-refractivity contribution in [2.24, 2.45) is 0 Å². The van der Waals surface area contributed by atoms with Crippen molar-refractivity contribution in [2.75, 3.05) is 5.75 Å². The molecule has 1 fully saturated rings. The van der Waals surface area contributed by atoms with Gasteiger partial charge in [-0.2, -0.15) is 0 Å². The van der Waals surface area contributed by atoms with Crippen molar-refractivity contribution in [2.45, 2.75) is 36.2 Å². The summed E-state index contributed by atoms with van der Waals surface area (Å²) < 4.78 is 7.16. The second-order valence-corrected chi connectivity index (χ2v) is 10.6. The van der Waals surface area contributed by atoms with Crippen LogP contribution in [0.25, 0.3) is 10.9 Å². The number of ether oxygens (including phenoxy) is 1. The van der Waals surface area contributed by atoms with E-state index in [2.05, 4.69) is 4.98 Å². The van der Waals surface area contributed by atoms with Gasteiger partial charge in [-0.3, -0.25) is 14.3 Å². The highest BCUT2D eigenvalue weighted by Crippen LogP contribution is 2.50. The van der Waals surface area contributed by atoms with Crippen LogP contribution in [0.4, 0.5) is 4.79 Å². The van der Waals surface area contributed by atoms with Crippen molar-refractivity contribution < 1.29 is 14.3 Å². The van der Waals surface area contributed by atoms with E-state index in [0.29, 0.717) is 11.1 Å². The highest BCUT2D eigenvalue weighted by Gasteiger charge is 2.34. The number of benzene rings is 1. The van der Waals surface area contributed by atoms with Gasteiger partial charge in [0, 0.05) is 35.3 Å². The lowest BCUT2D eigenvalue weighted by molar-refractivity contribution is 0.0544. The fourth-order valence-corrected chi connectivity index (χ4v) is 6.42. The monoisotopic (exact) mass is 462 g/mol. The Morgan fingerprint density at radius 2 is 1.93 bits per heavy atom. The molecule has 1 aliphatic heterocycles. The van der Waals surface area contributed by atoms with Crippen LogP contribution in [0.5, 0.6) is 0 Å². The molecule has 0 bridgehead atoms. The highest BCUT2D eigenvalue weighted by atomic mass is 35.5. The summed E-state index contributed by atoms with van der Waals surface area (Å²) in [7, 11) is 0. The van der Waals surface area contributed by atoms with Gasteiger partial charge in [0.25, 0.3) is 0 Å². The number of hydrogen-bond acceptors (Lipinski definition) is 6. The van der Waals surface area contributed by atoms with Gasteiger partial charge in [0.2, 0.25) is 0 Å². The smallest absolute Gasteiger partial charge is 0.419 e. The van der Waals surface area contributed by atoms with E-state index < -0.39 is 11.7 Å². The van der Waals surface area contributed by atoms with Crippen LogP contribution < -0.4 is 0 Å². The maximum Gasteiger partial charge on any atom is 0.419 e. The number of fused-ring (bicyclic) bond motifs is 1. The number of hydrogen-bond donors (Lipinski definition) is 0. The number of pyridine rings is 1. The second-order valence-electron chi connectivity index (χ2n) is 7.85. The van der Waals surface area contributed by atoms with Crippen LogP contribution in [0.3, 0.4) is 0 Å². The summed E-state index contributed by atoms with van der Waals surface area (Å²) in [5.41, 5.74) is 1.76. The zero-order valence-electron chi connectivity index (χ0n) is 16.9. The van der Waals surface area contributed by atoms with Gasteiger partial charge in [0.15, 0.2) is 5.78 Å². The number of nitrogens with zero attached hydrogens (tertiary/aromatic N) is 2. The first-order chi connectivity index (χ1) is 13.8. The average molecular weight is 463 g/mol. The van der Waals surface area contributed by atoms with E-state index in [0.717, 1.165) is 16.7 Å². The van der Waals surface area contributed by atoms with Gasteiger partial charge < -0.3 is 4.74 Å². The normalized spacial score (nSPS) is 18.8. The van der Waals surface area contributed by atoms with Crippen LogP contribution in [0.15, 0.2) is 55.0 Å². The third kappa shape index (κ3) is 4.68. The lowest BCUT2D eigenvalue weighted by Crippen LogP contribution is -2.26. The summed E-state index contributed by atoms with van der Waals surface area (Å²) in [5, 5.41) is 0.613. The third-order valence-corrected chi connectivity index (χ3v) is 7.79. The molecule has 5 nitrogen and oxygen atoms in total. The van der Waals surface area contributed by atoms with E-state index >= 15 is 0 Å². The number of thioether (sulfide) groups is 2. The second kappa shape index (κ2) is 9.04. The number of carbonyl (C=O) groups excluding carboxylic acids is 2. The quantitative estimate of drug-likeness (QED) is 0.447. The Kier molecular flexibility index (Phi) is 6.84. The molecular weight excluding hydrogens is 440 g/mol. The minimum absolute atomic E-state index is 0. The molecule has 2 atom stereocenters. The molecule has 0 spiro atoms. The van der Waals surface area contributed by atoms with Gasteiger partial charge in [-0.05, 0) is 38.5 Å². The maximum absolute atomic E-state index is 13.3. The van der Waals surface area contributed by atoms with Gasteiger partial charge in [-0.25, -0.2) is 4.79 Å². The Morgan fingerprint density at radius 3 is 2.63 bits per heavy atom. The summed E-state index contributed by atoms with van der Waals surface area (Å²) in [6.07, 6.45) is 4.76. The molecule has 0 amide bonds. The van der Waals surface area contributed by atoms with Crippen molar-refractivity contribution in [3.05, 3.63) is 66.1 Å². The Labute approximate surface area is 190 Å². The van der Waals surface area contributed by atoms with Gasteiger partial charge in [-0.1, -0.05) is 24.3 Å². The number of aromatic nitrogens is 2. The van der Waals surface area contributed by atoms with E-state index in [4.69, 9.17) is 4.74 Å². The minimum Gasteiger partial charge on any atom is -0.443 e. The molecule has 0 aliphatic carbocycles. The molecule has 0 N–H and O–H groups in total. The van der Waals surface area contributed by atoms with Crippen LogP contribution in [0, 0.1) is 0 Å². The zero-order chi connectivity index (χ0) is 20.6. The highest BCUT2D eigenvalue weighted by molar-refractivity contribution is 8.20. The van der Waals surface area contributed by atoms with Gasteiger partial charge in [0.1, 0.15) is 5.60 Å². The molecule has 8 heteroatoms. The molecule has 2 aromatic heterocycles. The van der Waals surface area contributed by atoms with E-state index in [1.165, 1.54) is 4.57 Å². The van der Waals surface area contributed by atoms with E-state index in [1.807, 2.05) is 63.4 Å². The van der Waals surface area contributed by atoms with Gasteiger partial charge >= 0.3 is 6.09 Å². The SMILES string of the molecule is CC(C)(C)OC(=O)n1cc(C(=O)C2CSC(c3cccnc3)S2)c2ccccc21.Cl. The van der Waals surface area contributed by atoms with Crippen LogP contribution in [0.2, 0.25) is 0 Å². The number of halogens is 1. The first kappa shape index (κ1) is 22.7. The number of Topliss-reactive ketones (excluding diaryl/α,β-unsaturated/α-hetero) is 1. The molecule has 2 unspecified atom stereocenters. The average Bonchev–Trinajstić information content (AvgIpc) is 3.32. The van der Waals surface area contributed by atoms with E-state index in [-0.39, 0.29) is 28.0 Å². The van der Waals surface area contributed by atoms with Gasteiger partial charge in [-0.15, -0.1) is 35.9 Å². The largest absolute Gasteiger partial charge is 0.443 e. The Morgan fingerprint density at radius 1 is 1.17 bits per heavy atom. The van der Waals surface area contributed by atoms with E-state index in [1.54, 1.807) is 35.9 Å². The summed E-state index contributed by atoms with van der Waals surface area (Å²) in [6.45, 7) is 5.48. The molecular formula is C22H23ClN2O3S2. The molecule has 30 heavy (non-hydrogen) atoms. The Hall–Kier alpha value is -1.96. The van der Waals surface area contributed by atoms with Crippen LogP contribution in [-0.4, -0.2) is 38.0 Å². The van der Waals surface area contributed by atoms with Crippen LogP contribution in [-0.2, 0) is 4.74 Å². The summed E-state index contributed by atoms with van der Waals surface area (Å²) in [4.78, 5) is 30.2. The predicted octanol–water partition coefficient (Wildman–Crippen LogP) is 5.97. The molecule has 0 saturated carbocycles. The first-order valence-corrected chi connectivity index (χ1v) is 11.4. The van der Waals surface area contributed by atoms with Gasteiger partial charge in [0.05, 0.1) is 15.3 Å². The molecule has 3 heterocycles. The first-order valence-electron chi connectivity index (χ1n) is 9.38. The molecule has 3 aromatic rings. The third-order valence-electron chi connectivity index (χ3n) is 4.50. The van der Waals surface area contributed by atoms with Crippen molar-refractivity contribution >= 4 is 58.7 Å². The summed E-state index contributed by atoms with van der Waals surface area (Å²) in [6, 6.07) is 11.4. The molecule has 1 saturated heterocycles. The zero-order valence-corrected chi connectivity index (χ0v) is 19.4. The minimum atomic E-state index is -0.610. The molecule has 4 rings (SSSR count). The van der Waals surface area contributed by atoms with Crippen LogP contribution >= 0.6 is 35.9 Å². The molecule has 0 radical (unpaired) electrons. The summed E-state index contributed by atoms with van der Waals surface area (Å²) >= 11 is 3.41. The number of para-hydroxylation sites is 1. The molecule has 158 valence electrons. The Bertz CT molecular complexity index is 1060. The maximum atomic E-state index is 13.3. The molecule has 1 aromatic carbocycles. The number of ketones is 1. The fraction of sp³-hybridized carbons (Fsp3) is 0.318. The Balaban J connectivity index is 0.00000256. The van der Waals surface area contributed by atoms with E-state index in [9.17, 15) is 9.59 Å². The number of rotatable bonds is 3.